The van der Waals surface area contributed by atoms with Crippen molar-refractivity contribution in [3.63, 3.8) is 0 Å². The van der Waals surface area contributed by atoms with Gasteiger partial charge in [-0.25, -0.2) is 4.98 Å². The van der Waals surface area contributed by atoms with E-state index in [1.165, 1.54) is 18.3 Å². The number of hydrogen-bond acceptors (Lipinski definition) is 4. The van der Waals surface area contributed by atoms with Crippen LogP contribution >= 0.6 is 0 Å². The topological polar surface area (TPSA) is 51.7 Å². The smallest absolute Gasteiger partial charge is 0.388 e. The molecule has 5 nitrogen and oxygen atoms in total. The number of pyridine rings is 1. The fraction of sp³-hybridized carbons (Fsp3) is 0.500. The third-order valence-electron chi connectivity index (χ3n) is 2.96. The molecule has 0 aliphatic carbocycles. The molecule has 1 aliphatic heterocycles. The summed E-state index contributed by atoms with van der Waals surface area (Å²) in [5.74, 6) is -0.487. The SMILES string of the molecule is COCC1CCN1C(=O)c1ccnc(OC(F)F)c1. The zero-order chi connectivity index (χ0) is 13.8. The van der Waals surface area contributed by atoms with Crippen LogP contribution in [0.3, 0.4) is 0 Å². The van der Waals surface area contributed by atoms with Crippen molar-refractivity contribution in [3.05, 3.63) is 23.9 Å². The lowest BCUT2D eigenvalue weighted by atomic mass is 10.0. The summed E-state index contributed by atoms with van der Waals surface area (Å²) in [7, 11) is 1.57. The molecule has 1 atom stereocenters. The van der Waals surface area contributed by atoms with Crippen molar-refractivity contribution < 1.29 is 23.0 Å². The molecule has 19 heavy (non-hydrogen) atoms. The average molecular weight is 272 g/mol. The van der Waals surface area contributed by atoms with Gasteiger partial charge < -0.3 is 14.4 Å². The van der Waals surface area contributed by atoms with Crippen molar-refractivity contribution in [2.45, 2.75) is 19.1 Å². The van der Waals surface area contributed by atoms with E-state index >= 15 is 0 Å². The van der Waals surface area contributed by atoms with Crippen LogP contribution in [0.15, 0.2) is 18.3 Å². The zero-order valence-electron chi connectivity index (χ0n) is 10.4. The molecule has 1 unspecified atom stereocenters. The lowest BCUT2D eigenvalue weighted by molar-refractivity contribution is -0.0529. The van der Waals surface area contributed by atoms with Gasteiger partial charge in [0.1, 0.15) is 0 Å². The Morgan fingerprint density at radius 3 is 3.00 bits per heavy atom. The van der Waals surface area contributed by atoms with Crippen LogP contribution in [0.4, 0.5) is 8.78 Å². The largest absolute Gasteiger partial charge is 0.417 e. The van der Waals surface area contributed by atoms with E-state index in [1.807, 2.05) is 0 Å². The molecule has 0 N–H and O–H groups in total. The molecule has 2 heterocycles. The van der Waals surface area contributed by atoms with Gasteiger partial charge in [-0.1, -0.05) is 0 Å². The highest BCUT2D eigenvalue weighted by atomic mass is 19.3. The van der Waals surface area contributed by atoms with Gasteiger partial charge in [0.05, 0.1) is 12.6 Å². The van der Waals surface area contributed by atoms with Crippen LogP contribution in [0.5, 0.6) is 5.88 Å². The van der Waals surface area contributed by atoms with Crippen molar-refractivity contribution in [2.75, 3.05) is 20.3 Å². The van der Waals surface area contributed by atoms with Crippen LogP contribution in [0, 0.1) is 0 Å². The third kappa shape index (κ3) is 3.17. The lowest BCUT2D eigenvalue weighted by Crippen LogP contribution is -2.53. The number of aromatic nitrogens is 1. The molecule has 0 saturated carbocycles. The van der Waals surface area contributed by atoms with Crippen LogP contribution in [-0.4, -0.2) is 48.7 Å². The number of carbonyl (C=O) groups is 1. The molecule has 0 spiro atoms. The monoisotopic (exact) mass is 272 g/mol. The van der Waals surface area contributed by atoms with E-state index in [9.17, 15) is 13.6 Å². The van der Waals surface area contributed by atoms with Gasteiger partial charge in [0, 0.05) is 31.5 Å². The van der Waals surface area contributed by atoms with Gasteiger partial charge >= 0.3 is 6.61 Å². The summed E-state index contributed by atoms with van der Waals surface area (Å²) >= 11 is 0. The van der Waals surface area contributed by atoms with Gasteiger partial charge in [-0.3, -0.25) is 4.79 Å². The van der Waals surface area contributed by atoms with E-state index in [-0.39, 0.29) is 23.4 Å². The Labute approximate surface area is 109 Å². The summed E-state index contributed by atoms with van der Waals surface area (Å²) in [4.78, 5) is 17.4. The quantitative estimate of drug-likeness (QED) is 0.816. The second-order valence-corrected chi connectivity index (χ2v) is 4.16. The Bertz CT molecular complexity index is 456. The normalized spacial score (nSPS) is 18.3. The van der Waals surface area contributed by atoms with Gasteiger partial charge in [0.2, 0.25) is 5.88 Å². The van der Waals surface area contributed by atoms with Crippen molar-refractivity contribution in [2.24, 2.45) is 0 Å². The maximum Gasteiger partial charge on any atom is 0.388 e. The zero-order valence-corrected chi connectivity index (χ0v) is 10.4. The fourth-order valence-corrected chi connectivity index (χ4v) is 1.94. The molecular formula is C12H14F2N2O3. The number of amides is 1. The van der Waals surface area contributed by atoms with Gasteiger partial charge in [-0.2, -0.15) is 8.78 Å². The molecule has 1 fully saturated rings. The molecule has 0 radical (unpaired) electrons. The molecule has 104 valence electrons. The van der Waals surface area contributed by atoms with Gasteiger partial charge in [0.15, 0.2) is 0 Å². The molecule has 1 amide bonds. The molecule has 2 rings (SSSR count). The van der Waals surface area contributed by atoms with Gasteiger partial charge in [0.25, 0.3) is 5.91 Å². The Morgan fingerprint density at radius 1 is 1.63 bits per heavy atom. The molecule has 1 aliphatic rings. The summed E-state index contributed by atoms with van der Waals surface area (Å²) in [5, 5.41) is 0. The van der Waals surface area contributed by atoms with Gasteiger partial charge in [-0.15, -0.1) is 0 Å². The van der Waals surface area contributed by atoms with E-state index in [0.29, 0.717) is 13.2 Å². The highest BCUT2D eigenvalue weighted by Crippen LogP contribution is 2.22. The van der Waals surface area contributed by atoms with Gasteiger partial charge in [-0.05, 0) is 12.5 Å². The first-order valence-electron chi connectivity index (χ1n) is 5.82. The van der Waals surface area contributed by atoms with Crippen LogP contribution < -0.4 is 4.74 Å². The number of carbonyl (C=O) groups excluding carboxylic acids is 1. The highest BCUT2D eigenvalue weighted by molar-refractivity contribution is 5.95. The Hall–Kier alpha value is -1.76. The predicted octanol–water partition coefficient (Wildman–Crippen LogP) is 1.54. The molecule has 0 bridgehead atoms. The highest BCUT2D eigenvalue weighted by Gasteiger charge is 2.32. The molecule has 7 heteroatoms. The number of alkyl halides is 2. The number of hydrogen-bond donors (Lipinski definition) is 0. The second kappa shape index (κ2) is 5.92. The Morgan fingerprint density at radius 2 is 2.42 bits per heavy atom. The summed E-state index contributed by atoms with van der Waals surface area (Å²) in [6.45, 7) is -1.85. The Kier molecular flexibility index (Phi) is 4.26. The van der Waals surface area contributed by atoms with Crippen LogP contribution in [0.25, 0.3) is 0 Å². The number of nitrogens with zero attached hydrogens (tertiary/aromatic N) is 2. The van der Waals surface area contributed by atoms with Crippen LogP contribution in [0.1, 0.15) is 16.8 Å². The van der Waals surface area contributed by atoms with Crippen molar-refractivity contribution >= 4 is 5.91 Å². The van der Waals surface area contributed by atoms with Crippen LogP contribution in [-0.2, 0) is 4.74 Å². The number of methoxy groups -OCH3 is 1. The molecule has 1 aromatic heterocycles. The summed E-state index contributed by atoms with van der Waals surface area (Å²) in [6.07, 6.45) is 2.15. The summed E-state index contributed by atoms with van der Waals surface area (Å²) < 4.78 is 33.3. The van der Waals surface area contributed by atoms with E-state index in [1.54, 1.807) is 12.0 Å². The van der Waals surface area contributed by atoms with E-state index in [2.05, 4.69) is 9.72 Å². The van der Waals surface area contributed by atoms with Crippen LogP contribution in [0.2, 0.25) is 0 Å². The molecule has 1 aromatic rings. The minimum absolute atomic E-state index is 0.0464. The maximum atomic E-state index is 12.1. The standard InChI is InChI=1S/C12H14F2N2O3/c1-18-7-9-3-5-16(9)11(17)8-2-4-15-10(6-8)19-12(13)14/h2,4,6,9,12H,3,5,7H2,1H3. The van der Waals surface area contributed by atoms with Crippen molar-refractivity contribution in [3.8, 4) is 5.88 Å². The predicted molar refractivity (Wildman–Crippen MR) is 62.2 cm³/mol. The summed E-state index contributed by atoms with van der Waals surface area (Å²) in [6, 6.07) is 2.74. The third-order valence-corrected chi connectivity index (χ3v) is 2.96. The maximum absolute atomic E-state index is 12.1. The first kappa shape index (κ1) is 13.7. The molecule has 1 saturated heterocycles. The van der Waals surface area contributed by atoms with E-state index < -0.39 is 6.61 Å². The van der Waals surface area contributed by atoms with Crippen molar-refractivity contribution in [1.29, 1.82) is 0 Å². The minimum Gasteiger partial charge on any atom is -0.417 e. The number of likely N-dealkylation sites (tertiary alicyclic amines) is 1. The number of rotatable bonds is 5. The Balaban J connectivity index is 2.06. The summed E-state index contributed by atoms with van der Waals surface area (Å²) in [5.41, 5.74) is 0.284. The number of ether oxygens (including phenoxy) is 2. The molecule has 0 aromatic carbocycles. The minimum atomic E-state index is -2.96. The molecular weight excluding hydrogens is 258 g/mol. The second-order valence-electron chi connectivity index (χ2n) is 4.16. The van der Waals surface area contributed by atoms with E-state index in [0.717, 1.165) is 6.42 Å². The number of halogens is 2. The van der Waals surface area contributed by atoms with Crippen molar-refractivity contribution in [1.82, 2.24) is 9.88 Å². The average Bonchev–Trinajstić information content (AvgIpc) is 2.34. The first-order valence-corrected chi connectivity index (χ1v) is 5.82. The lowest BCUT2D eigenvalue weighted by Gasteiger charge is -2.40. The fourth-order valence-electron chi connectivity index (χ4n) is 1.94. The first-order chi connectivity index (χ1) is 9.11. The van der Waals surface area contributed by atoms with E-state index in [4.69, 9.17) is 4.74 Å².